The Hall–Kier alpha value is -4.20. The molecule has 0 bridgehead atoms. The topological polar surface area (TPSA) is 89.5 Å². The van der Waals surface area contributed by atoms with Crippen molar-refractivity contribution >= 4 is 11.9 Å². The summed E-state index contributed by atoms with van der Waals surface area (Å²) in [6.07, 6.45) is 1.49. The van der Waals surface area contributed by atoms with Crippen molar-refractivity contribution in [3.05, 3.63) is 71.3 Å². The summed E-state index contributed by atoms with van der Waals surface area (Å²) in [6, 6.07) is 17.8. The molecule has 41 heavy (non-hydrogen) atoms. The fourth-order valence-electron chi connectivity index (χ4n) is 4.64. The van der Waals surface area contributed by atoms with E-state index in [1.807, 2.05) is 55.5 Å². The summed E-state index contributed by atoms with van der Waals surface area (Å²) in [5.41, 5.74) is 4.89. The number of carbonyl (C=O) groups excluding carboxylic acids is 2. The molecule has 0 fully saturated rings. The zero-order valence-corrected chi connectivity index (χ0v) is 24.0. The molecule has 0 saturated heterocycles. The highest BCUT2D eigenvalue weighted by Crippen LogP contribution is 2.36. The van der Waals surface area contributed by atoms with E-state index in [2.05, 4.69) is 6.07 Å². The van der Waals surface area contributed by atoms with Crippen LogP contribution < -0.4 is 18.9 Å². The number of hydrogen-bond donors (Lipinski definition) is 0. The average molecular weight is 563 g/mol. The maximum atomic E-state index is 12.2. The number of hydrogen-bond acceptors (Lipinski definition) is 8. The number of esters is 2. The normalized spacial score (nSPS) is 12.0. The van der Waals surface area contributed by atoms with E-state index in [1.54, 1.807) is 13.8 Å². The predicted molar refractivity (Wildman–Crippen MR) is 155 cm³/mol. The minimum atomic E-state index is -0.265. The lowest BCUT2D eigenvalue weighted by Crippen LogP contribution is -2.15. The second-order valence-electron chi connectivity index (χ2n) is 9.64. The Bertz CT molecular complexity index is 1330. The van der Waals surface area contributed by atoms with Crippen LogP contribution in [0.2, 0.25) is 0 Å². The predicted octanol–water partition coefficient (Wildman–Crippen LogP) is 6.23. The van der Waals surface area contributed by atoms with Gasteiger partial charge < -0.3 is 28.4 Å². The van der Waals surface area contributed by atoms with Gasteiger partial charge in [-0.2, -0.15) is 0 Å². The number of benzene rings is 3. The van der Waals surface area contributed by atoms with E-state index in [0.29, 0.717) is 58.2 Å². The van der Waals surface area contributed by atoms with Gasteiger partial charge in [0.15, 0.2) is 11.5 Å². The van der Waals surface area contributed by atoms with Crippen molar-refractivity contribution in [3.8, 4) is 34.1 Å². The Kier molecular flexibility index (Phi) is 10.9. The van der Waals surface area contributed by atoms with Crippen molar-refractivity contribution < 1.29 is 38.0 Å². The van der Waals surface area contributed by atoms with Crippen LogP contribution in [0, 0.1) is 6.92 Å². The van der Waals surface area contributed by atoms with Crippen LogP contribution >= 0.6 is 0 Å². The monoisotopic (exact) mass is 562 g/mol. The van der Waals surface area contributed by atoms with Crippen LogP contribution in [0.4, 0.5) is 0 Å². The van der Waals surface area contributed by atoms with Crippen molar-refractivity contribution in [2.75, 3.05) is 33.0 Å². The van der Waals surface area contributed by atoms with Crippen molar-refractivity contribution in [2.24, 2.45) is 0 Å². The summed E-state index contributed by atoms with van der Waals surface area (Å²) in [5, 5.41) is 0. The fourth-order valence-corrected chi connectivity index (χ4v) is 4.64. The van der Waals surface area contributed by atoms with E-state index in [4.69, 9.17) is 28.4 Å². The van der Waals surface area contributed by atoms with Crippen LogP contribution in [0.5, 0.6) is 23.0 Å². The van der Waals surface area contributed by atoms with Crippen molar-refractivity contribution in [3.63, 3.8) is 0 Å². The number of rotatable bonds is 14. The lowest BCUT2D eigenvalue weighted by molar-refractivity contribution is -0.144. The third-order valence-electron chi connectivity index (χ3n) is 6.52. The van der Waals surface area contributed by atoms with Crippen LogP contribution in [0.15, 0.2) is 54.6 Å². The number of carbonyl (C=O) groups is 2. The molecule has 4 rings (SSSR count). The van der Waals surface area contributed by atoms with E-state index >= 15 is 0 Å². The molecule has 1 heterocycles. The van der Waals surface area contributed by atoms with Gasteiger partial charge in [0.2, 0.25) is 0 Å². The second kappa shape index (κ2) is 15.0. The molecule has 0 unspecified atom stereocenters. The van der Waals surface area contributed by atoms with Gasteiger partial charge in [-0.15, -0.1) is 0 Å². The fraction of sp³-hybridized carbons (Fsp3) is 0.394. The molecular weight excluding hydrogens is 524 g/mol. The highest BCUT2D eigenvalue weighted by Gasteiger charge is 2.16. The average Bonchev–Trinajstić information content (AvgIpc) is 2.97. The molecule has 0 atom stereocenters. The minimum Gasteiger partial charge on any atom is -0.493 e. The Morgan fingerprint density at radius 1 is 0.805 bits per heavy atom. The lowest BCUT2D eigenvalue weighted by Gasteiger charge is -2.19. The molecule has 0 amide bonds. The Morgan fingerprint density at radius 3 is 2.34 bits per heavy atom. The molecule has 1 aliphatic heterocycles. The summed E-state index contributed by atoms with van der Waals surface area (Å²) in [6.45, 7) is 8.03. The zero-order chi connectivity index (χ0) is 29.0. The smallest absolute Gasteiger partial charge is 0.306 e. The molecule has 8 heteroatoms. The van der Waals surface area contributed by atoms with E-state index in [1.165, 1.54) is 0 Å². The van der Waals surface area contributed by atoms with Gasteiger partial charge in [-0.25, -0.2) is 0 Å². The van der Waals surface area contributed by atoms with Crippen LogP contribution in [0.3, 0.4) is 0 Å². The Labute approximate surface area is 241 Å². The summed E-state index contributed by atoms with van der Waals surface area (Å²) >= 11 is 0. The molecule has 218 valence electrons. The molecular formula is C33H38O8. The second-order valence-corrected chi connectivity index (χ2v) is 9.64. The van der Waals surface area contributed by atoms with Gasteiger partial charge in [0, 0.05) is 18.4 Å². The summed E-state index contributed by atoms with van der Waals surface area (Å²) in [4.78, 5) is 23.8. The van der Waals surface area contributed by atoms with Crippen LogP contribution in [0.1, 0.15) is 49.8 Å². The molecule has 0 aliphatic carbocycles. The molecule has 0 N–H and O–H groups in total. The highest BCUT2D eigenvalue weighted by molar-refractivity contribution is 5.71. The molecule has 0 aromatic heterocycles. The van der Waals surface area contributed by atoms with Crippen LogP contribution in [-0.2, 0) is 32.1 Å². The first-order valence-corrected chi connectivity index (χ1v) is 14.2. The van der Waals surface area contributed by atoms with E-state index in [9.17, 15) is 9.59 Å². The minimum absolute atomic E-state index is 0.225. The van der Waals surface area contributed by atoms with Gasteiger partial charge in [0.1, 0.15) is 31.3 Å². The van der Waals surface area contributed by atoms with E-state index in [-0.39, 0.29) is 24.8 Å². The quantitative estimate of drug-likeness (QED) is 0.169. The van der Waals surface area contributed by atoms with E-state index < -0.39 is 0 Å². The summed E-state index contributed by atoms with van der Waals surface area (Å²) in [5.74, 6) is 2.38. The number of fused-ring (bicyclic) bond motifs is 1. The van der Waals surface area contributed by atoms with Crippen LogP contribution in [0.25, 0.3) is 11.1 Å². The molecule has 1 aliphatic rings. The largest absolute Gasteiger partial charge is 0.493 e. The van der Waals surface area contributed by atoms with Crippen molar-refractivity contribution in [1.82, 2.24) is 0 Å². The first-order valence-electron chi connectivity index (χ1n) is 14.2. The third kappa shape index (κ3) is 8.64. The van der Waals surface area contributed by atoms with Gasteiger partial charge in [-0.3, -0.25) is 9.59 Å². The van der Waals surface area contributed by atoms with Gasteiger partial charge in [-0.1, -0.05) is 24.3 Å². The molecule has 0 radical (unpaired) electrons. The SMILES string of the molecule is CCOC(=O)CCCOc1cccc(COc2cc(C)cc(-c3ccc4c(c3)OCCO4)c2)c1CCC(=O)OCC. The summed E-state index contributed by atoms with van der Waals surface area (Å²) in [7, 11) is 0. The van der Waals surface area contributed by atoms with Gasteiger partial charge >= 0.3 is 11.9 Å². The van der Waals surface area contributed by atoms with E-state index in [0.717, 1.165) is 45.1 Å². The Morgan fingerprint density at radius 2 is 1.56 bits per heavy atom. The summed E-state index contributed by atoms with van der Waals surface area (Å²) < 4.78 is 33.9. The first-order chi connectivity index (χ1) is 20.0. The Balaban J connectivity index is 1.49. The van der Waals surface area contributed by atoms with Gasteiger partial charge in [0.05, 0.1) is 19.8 Å². The van der Waals surface area contributed by atoms with Crippen LogP contribution in [-0.4, -0.2) is 45.0 Å². The molecule has 3 aromatic carbocycles. The van der Waals surface area contributed by atoms with Crippen molar-refractivity contribution in [2.45, 2.75) is 53.1 Å². The number of aryl methyl sites for hydroxylation is 1. The van der Waals surface area contributed by atoms with Crippen molar-refractivity contribution in [1.29, 1.82) is 0 Å². The molecule has 8 nitrogen and oxygen atoms in total. The maximum absolute atomic E-state index is 12.2. The molecule has 0 spiro atoms. The number of ether oxygens (including phenoxy) is 6. The first kappa shape index (κ1) is 29.8. The standard InChI is InChI=1S/C33H38O8/c1-4-36-32(34)10-7-15-38-29-9-6-8-25(28(29)12-14-33(35)37-5-2)22-41-27-19-23(3)18-26(20-27)24-11-13-30-31(21-24)40-17-16-39-30/h6,8-9,11,13,18-21H,4-5,7,10,12,14-17,22H2,1-3H3. The van der Waals surface area contributed by atoms with Gasteiger partial charge in [-0.05, 0) is 86.2 Å². The highest BCUT2D eigenvalue weighted by atomic mass is 16.6. The molecule has 3 aromatic rings. The van der Waals surface area contributed by atoms with Gasteiger partial charge in [0.25, 0.3) is 0 Å². The third-order valence-corrected chi connectivity index (χ3v) is 6.52. The molecule has 0 saturated carbocycles. The lowest BCUT2D eigenvalue weighted by atomic mass is 10.0. The maximum Gasteiger partial charge on any atom is 0.306 e. The zero-order valence-electron chi connectivity index (χ0n) is 24.0.